The molecule has 1 heterocycles. The molecule has 0 aliphatic carbocycles. The Bertz CT molecular complexity index is 578. The lowest BCUT2D eigenvalue weighted by atomic mass is 10.2. The highest BCUT2D eigenvalue weighted by atomic mass is 16.4. The maximum atomic E-state index is 11.4. The fourth-order valence-electron chi connectivity index (χ4n) is 1.96. The third-order valence-corrected chi connectivity index (χ3v) is 3.10. The minimum atomic E-state index is -0.138. The molecule has 2 rings (SSSR count). The van der Waals surface area contributed by atoms with Crippen molar-refractivity contribution in [3.63, 3.8) is 0 Å². The van der Waals surface area contributed by atoms with E-state index in [4.69, 9.17) is 4.42 Å². The van der Waals surface area contributed by atoms with Crippen LogP contribution < -0.4 is 10.6 Å². The quantitative estimate of drug-likeness (QED) is 0.858. The summed E-state index contributed by atoms with van der Waals surface area (Å²) in [6.45, 7) is 5.14. The number of hydrogen-bond acceptors (Lipinski definition) is 3. The molecule has 112 valence electrons. The summed E-state index contributed by atoms with van der Waals surface area (Å²) in [4.78, 5) is 15.9. The monoisotopic (exact) mass is 287 g/mol. The minimum Gasteiger partial charge on any atom is -0.441 e. The lowest BCUT2D eigenvalue weighted by Crippen LogP contribution is -2.36. The van der Waals surface area contributed by atoms with Crippen LogP contribution in [-0.4, -0.2) is 24.1 Å². The predicted molar refractivity (Wildman–Crippen MR) is 82.1 cm³/mol. The normalized spacial score (nSPS) is 10.4. The summed E-state index contributed by atoms with van der Waals surface area (Å²) in [5.41, 5.74) is 1.84. The molecule has 0 spiro atoms. The third-order valence-electron chi connectivity index (χ3n) is 3.10. The Morgan fingerprint density at radius 1 is 1.19 bits per heavy atom. The van der Waals surface area contributed by atoms with Crippen LogP contribution in [0.2, 0.25) is 0 Å². The first kappa shape index (κ1) is 15.1. The number of aryl methyl sites for hydroxylation is 1. The number of nitrogens with one attached hydrogen (secondary N) is 2. The van der Waals surface area contributed by atoms with Crippen molar-refractivity contribution in [2.24, 2.45) is 0 Å². The van der Waals surface area contributed by atoms with Crippen LogP contribution in [0.15, 0.2) is 34.7 Å². The van der Waals surface area contributed by atoms with E-state index in [2.05, 4.69) is 15.6 Å². The zero-order chi connectivity index (χ0) is 15.1. The van der Waals surface area contributed by atoms with Gasteiger partial charge in [-0.1, -0.05) is 25.1 Å². The summed E-state index contributed by atoms with van der Waals surface area (Å²) < 4.78 is 5.68. The van der Waals surface area contributed by atoms with Crippen LogP contribution in [0.4, 0.5) is 4.79 Å². The molecule has 0 aliphatic heterocycles. The van der Waals surface area contributed by atoms with Gasteiger partial charge in [-0.25, -0.2) is 9.78 Å². The Balaban J connectivity index is 1.90. The van der Waals surface area contributed by atoms with Crippen molar-refractivity contribution in [2.45, 2.75) is 26.7 Å². The predicted octanol–water partition coefficient (Wildman–Crippen LogP) is 2.90. The Labute approximate surface area is 124 Å². The number of amides is 2. The van der Waals surface area contributed by atoms with Crippen LogP contribution in [0, 0.1) is 6.92 Å². The lowest BCUT2D eigenvalue weighted by molar-refractivity contribution is 0.241. The smallest absolute Gasteiger partial charge is 0.314 e. The molecule has 2 aromatic rings. The average Bonchev–Trinajstić information content (AvgIpc) is 2.87. The van der Waals surface area contributed by atoms with Gasteiger partial charge in [0.1, 0.15) is 5.76 Å². The number of benzene rings is 1. The van der Waals surface area contributed by atoms with E-state index in [-0.39, 0.29) is 6.03 Å². The molecule has 1 aromatic carbocycles. The van der Waals surface area contributed by atoms with Crippen molar-refractivity contribution in [3.05, 3.63) is 41.8 Å². The molecular formula is C16H21N3O2. The van der Waals surface area contributed by atoms with Gasteiger partial charge in [0.2, 0.25) is 5.89 Å². The number of oxazole rings is 1. The zero-order valence-electron chi connectivity index (χ0n) is 12.5. The highest BCUT2D eigenvalue weighted by Gasteiger charge is 2.11. The number of nitrogens with zero attached hydrogens (tertiary/aromatic N) is 1. The number of hydrogen-bond donors (Lipinski definition) is 2. The van der Waals surface area contributed by atoms with Crippen molar-refractivity contribution < 1.29 is 9.21 Å². The summed E-state index contributed by atoms with van der Waals surface area (Å²) in [7, 11) is 0. The maximum absolute atomic E-state index is 11.4. The second kappa shape index (κ2) is 7.47. The maximum Gasteiger partial charge on any atom is 0.314 e. The number of urea groups is 1. The van der Waals surface area contributed by atoms with Crippen molar-refractivity contribution in [1.29, 1.82) is 0 Å². The van der Waals surface area contributed by atoms with E-state index in [0.717, 1.165) is 23.4 Å². The Hall–Kier alpha value is -2.30. The van der Waals surface area contributed by atoms with Gasteiger partial charge in [-0.2, -0.15) is 0 Å². The highest BCUT2D eigenvalue weighted by molar-refractivity contribution is 5.73. The van der Waals surface area contributed by atoms with Crippen LogP contribution in [0.5, 0.6) is 0 Å². The highest BCUT2D eigenvalue weighted by Crippen LogP contribution is 2.21. The first-order valence-electron chi connectivity index (χ1n) is 7.24. The topological polar surface area (TPSA) is 67.2 Å². The van der Waals surface area contributed by atoms with E-state index in [9.17, 15) is 4.79 Å². The Morgan fingerprint density at radius 3 is 2.62 bits per heavy atom. The largest absolute Gasteiger partial charge is 0.441 e. The molecule has 0 unspecified atom stereocenters. The van der Waals surface area contributed by atoms with E-state index in [1.54, 1.807) is 0 Å². The van der Waals surface area contributed by atoms with Crippen molar-refractivity contribution in [1.82, 2.24) is 15.6 Å². The van der Waals surface area contributed by atoms with Crippen LogP contribution >= 0.6 is 0 Å². The molecule has 0 fully saturated rings. The fourth-order valence-corrected chi connectivity index (χ4v) is 1.96. The molecular weight excluding hydrogens is 266 g/mol. The van der Waals surface area contributed by atoms with Crippen LogP contribution in [0.1, 0.15) is 24.8 Å². The van der Waals surface area contributed by atoms with Gasteiger partial charge in [-0.05, 0) is 25.5 Å². The van der Waals surface area contributed by atoms with Crippen molar-refractivity contribution >= 4 is 6.03 Å². The van der Waals surface area contributed by atoms with E-state index in [0.29, 0.717) is 25.4 Å². The molecule has 5 heteroatoms. The van der Waals surface area contributed by atoms with E-state index < -0.39 is 0 Å². The lowest BCUT2D eigenvalue weighted by Gasteiger charge is -2.05. The molecule has 0 atom stereocenters. The van der Waals surface area contributed by atoms with Gasteiger partial charge in [-0.15, -0.1) is 0 Å². The second-order valence-corrected chi connectivity index (χ2v) is 4.82. The van der Waals surface area contributed by atoms with Crippen LogP contribution in [0.25, 0.3) is 11.5 Å². The van der Waals surface area contributed by atoms with Gasteiger partial charge in [0.05, 0.1) is 5.69 Å². The zero-order valence-corrected chi connectivity index (χ0v) is 12.5. The van der Waals surface area contributed by atoms with Gasteiger partial charge >= 0.3 is 6.03 Å². The summed E-state index contributed by atoms with van der Waals surface area (Å²) in [6.07, 6.45) is 1.58. The van der Waals surface area contributed by atoms with Gasteiger partial charge in [0.25, 0.3) is 0 Å². The Kier molecular flexibility index (Phi) is 5.37. The summed E-state index contributed by atoms with van der Waals surface area (Å²) >= 11 is 0. The van der Waals surface area contributed by atoms with Gasteiger partial charge in [-0.3, -0.25) is 0 Å². The molecule has 0 radical (unpaired) electrons. The van der Waals surface area contributed by atoms with Gasteiger partial charge in [0.15, 0.2) is 0 Å². The number of aromatic nitrogens is 1. The molecule has 0 bridgehead atoms. The van der Waals surface area contributed by atoms with Gasteiger partial charge in [0, 0.05) is 25.1 Å². The average molecular weight is 287 g/mol. The van der Waals surface area contributed by atoms with Gasteiger partial charge < -0.3 is 15.1 Å². The number of rotatable bonds is 6. The molecule has 5 nitrogen and oxygen atoms in total. The molecule has 0 saturated carbocycles. The molecule has 0 saturated heterocycles. The first-order valence-corrected chi connectivity index (χ1v) is 7.24. The fraction of sp³-hybridized carbons (Fsp3) is 0.375. The molecule has 1 aromatic heterocycles. The second-order valence-electron chi connectivity index (χ2n) is 4.82. The molecule has 21 heavy (non-hydrogen) atoms. The molecule has 0 aliphatic rings. The van der Waals surface area contributed by atoms with E-state index in [1.807, 2.05) is 44.2 Å². The Morgan fingerprint density at radius 2 is 1.90 bits per heavy atom. The SMILES string of the molecule is CCCNC(=O)NCCc1nc(-c2ccccc2)oc1C. The minimum absolute atomic E-state index is 0.138. The standard InChI is InChI=1S/C16H21N3O2/c1-3-10-17-16(20)18-11-9-14-12(2)21-15(19-14)13-7-5-4-6-8-13/h4-8H,3,9-11H2,1-2H3,(H2,17,18,20). The first-order chi connectivity index (χ1) is 10.2. The number of carbonyl (C=O) groups is 1. The van der Waals surface area contributed by atoms with E-state index in [1.165, 1.54) is 0 Å². The molecule has 2 N–H and O–H groups in total. The van der Waals surface area contributed by atoms with Crippen LogP contribution in [-0.2, 0) is 6.42 Å². The summed E-state index contributed by atoms with van der Waals surface area (Å²) in [5.74, 6) is 1.42. The van der Waals surface area contributed by atoms with Crippen LogP contribution in [0.3, 0.4) is 0 Å². The van der Waals surface area contributed by atoms with E-state index >= 15 is 0 Å². The van der Waals surface area contributed by atoms with Crippen molar-refractivity contribution in [3.8, 4) is 11.5 Å². The van der Waals surface area contributed by atoms with Crippen molar-refractivity contribution in [2.75, 3.05) is 13.1 Å². The number of carbonyl (C=O) groups excluding carboxylic acids is 1. The third kappa shape index (κ3) is 4.34. The summed E-state index contributed by atoms with van der Waals surface area (Å²) in [5, 5.41) is 5.58. The molecule has 2 amide bonds. The summed E-state index contributed by atoms with van der Waals surface area (Å²) in [6, 6.07) is 9.65.